The van der Waals surface area contributed by atoms with Gasteiger partial charge < -0.3 is 10.6 Å². The monoisotopic (exact) mass is 390 g/mol. The maximum absolute atomic E-state index is 13.0. The van der Waals surface area contributed by atoms with Crippen LogP contribution in [0.5, 0.6) is 0 Å². The molecule has 2 N–H and O–H groups in total. The van der Waals surface area contributed by atoms with Crippen molar-refractivity contribution in [3.8, 4) is 16.9 Å². The quantitative estimate of drug-likeness (QED) is 0.648. The van der Waals surface area contributed by atoms with Crippen LogP contribution in [0, 0.1) is 6.92 Å². The van der Waals surface area contributed by atoms with E-state index >= 15 is 0 Å². The summed E-state index contributed by atoms with van der Waals surface area (Å²) in [6.07, 6.45) is 2.55. The third-order valence-corrected chi connectivity index (χ3v) is 4.67. The zero-order valence-corrected chi connectivity index (χ0v) is 17.0. The molecule has 1 atom stereocenters. The van der Waals surface area contributed by atoms with Gasteiger partial charge in [0.25, 0.3) is 5.91 Å². The van der Waals surface area contributed by atoms with Gasteiger partial charge in [-0.15, -0.1) is 0 Å². The Morgan fingerprint density at radius 2 is 1.76 bits per heavy atom. The van der Waals surface area contributed by atoms with Crippen molar-refractivity contribution in [3.63, 3.8) is 0 Å². The van der Waals surface area contributed by atoms with E-state index < -0.39 is 6.04 Å². The molecule has 29 heavy (non-hydrogen) atoms. The van der Waals surface area contributed by atoms with E-state index in [1.54, 1.807) is 17.8 Å². The summed E-state index contributed by atoms with van der Waals surface area (Å²) in [7, 11) is 0. The summed E-state index contributed by atoms with van der Waals surface area (Å²) in [5.41, 5.74) is 3.78. The number of aryl methyl sites for hydroxylation is 1. The smallest absolute Gasteiger partial charge is 0.255 e. The molecule has 0 aliphatic carbocycles. The number of rotatable bonds is 7. The van der Waals surface area contributed by atoms with Gasteiger partial charge in [0.15, 0.2) is 0 Å². The van der Waals surface area contributed by atoms with E-state index in [4.69, 9.17) is 0 Å². The largest absolute Gasteiger partial charge is 0.354 e. The highest BCUT2D eigenvalue weighted by atomic mass is 16.2. The van der Waals surface area contributed by atoms with Crippen LogP contribution in [0.15, 0.2) is 60.8 Å². The molecule has 3 rings (SSSR count). The number of amides is 2. The number of aromatic nitrogens is 2. The Morgan fingerprint density at radius 1 is 1.07 bits per heavy atom. The van der Waals surface area contributed by atoms with Crippen molar-refractivity contribution < 1.29 is 9.59 Å². The number of hydrogen-bond donors (Lipinski definition) is 2. The number of carbonyl (C=O) groups excluding carboxylic acids is 2. The molecule has 3 aromatic rings. The van der Waals surface area contributed by atoms with E-state index in [0.29, 0.717) is 17.8 Å². The molecule has 6 heteroatoms. The lowest BCUT2D eigenvalue weighted by Crippen LogP contribution is -2.45. The number of hydrogen-bond acceptors (Lipinski definition) is 3. The Labute approximate surface area is 170 Å². The second kappa shape index (κ2) is 9.19. The molecule has 0 bridgehead atoms. The summed E-state index contributed by atoms with van der Waals surface area (Å²) in [6.45, 7) is 6.23. The van der Waals surface area contributed by atoms with Gasteiger partial charge in [-0.2, -0.15) is 5.10 Å². The van der Waals surface area contributed by atoms with Crippen molar-refractivity contribution in [2.75, 3.05) is 6.54 Å². The molecule has 0 aliphatic rings. The lowest BCUT2D eigenvalue weighted by Gasteiger charge is -2.14. The number of nitrogens with one attached hydrogen (secondary N) is 2. The van der Waals surface area contributed by atoms with E-state index in [1.165, 1.54) is 0 Å². The molecule has 0 saturated carbocycles. The first-order chi connectivity index (χ1) is 14.0. The van der Waals surface area contributed by atoms with Crippen LogP contribution in [0.2, 0.25) is 0 Å². The molecular formula is C23H26N4O2. The van der Waals surface area contributed by atoms with Crippen molar-refractivity contribution in [1.82, 2.24) is 20.4 Å². The standard InChI is InChI=1S/C23H26N4O2/c1-4-14-24-22(28)17(3)25-23(29)20-15-27(18-11-6-5-7-12-18)26-21(20)19-13-9-8-10-16(19)2/h5-13,15,17H,4,14H2,1-3H3,(H,24,28)(H,25,29)/t17-/m0/s1. The molecular weight excluding hydrogens is 364 g/mol. The van der Waals surface area contributed by atoms with Crippen LogP contribution in [0.4, 0.5) is 0 Å². The summed E-state index contributed by atoms with van der Waals surface area (Å²) in [4.78, 5) is 25.2. The Hall–Kier alpha value is -3.41. The topological polar surface area (TPSA) is 76.0 Å². The summed E-state index contributed by atoms with van der Waals surface area (Å²) < 4.78 is 1.69. The first-order valence-electron chi connectivity index (χ1n) is 9.81. The van der Waals surface area contributed by atoms with Crippen LogP contribution in [0.3, 0.4) is 0 Å². The van der Waals surface area contributed by atoms with Crippen molar-refractivity contribution in [2.24, 2.45) is 0 Å². The summed E-state index contributed by atoms with van der Waals surface area (Å²) in [5.74, 6) is -0.530. The number of carbonyl (C=O) groups is 2. The van der Waals surface area contributed by atoms with Crippen LogP contribution in [0.25, 0.3) is 16.9 Å². The van der Waals surface area contributed by atoms with E-state index in [2.05, 4.69) is 15.7 Å². The normalized spacial score (nSPS) is 11.7. The fourth-order valence-corrected chi connectivity index (χ4v) is 3.03. The predicted molar refractivity (Wildman–Crippen MR) is 114 cm³/mol. The molecule has 2 aromatic carbocycles. The molecule has 1 heterocycles. The van der Waals surface area contributed by atoms with Gasteiger partial charge in [-0.1, -0.05) is 49.4 Å². The highest BCUT2D eigenvalue weighted by Gasteiger charge is 2.23. The Balaban J connectivity index is 1.96. The van der Waals surface area contributed by atoms with Gasteiger partial charge in [0.1, 0.15) is 11.7 Å². The Kier molecular flexibility index (Phi) is 6.44. The second-order valence-electron chi connectivity index (χ2n) is 6.97. The first kappa shape index (κ1) is 20.3. The van der Waals surface area contributed by atoms with Crippen LogP contribution < -0.4 is 10.6 Å². The highest BCUT2D eigenvalue weighted by molar-refractivity contribution is 6.02. The van der Waals surface area contributed by atoms with Gasteiger partial charge in [0.05, 0.1) is 11.3 Å². The predicted octanol–water partition coefficient (Wildman–Crippen LogP) is 3.49. The molecule has 150 valence electrons. The van der Waals surface area contributed by atoms with Crippen LogP contribution in [0.1, 0.15) is 36.2 Å². The second-order valence-corrected chi connectivity index (χ2v) is 6.97. The fraction of sp³-hybridized carbons (Fsp3) is 0.261. The minimum Gasteiger partial charge on any atom is -0.354 e. The van der Waals surface area contributed by atoms with Crippen molar-refractivity contribution in [3.05, 3.63) is 71.9 Å². The maximum Gasteiger partial charge on any atom is 0.255 e. The molecule has 0 unspecified atom stereocenters. The summed E-state index contributed by atoms with van der Waals surface area (Å²) in [6, 6.07) is 16.8. The lowest BCUT2D eigenvalue weighted by molar-refractivity contribution is -0.122. The van der Waals surface area contributed by atoms with Gasteiger partial charge >= 0.3 is 0 Å². The fourth-order valence-electron chi connectivity index (χ4n) is 3.03. The van der Waals surface area contributed by atoms with E-state index in [1.807, 2.05) is 68.4 Å². The number of nitrogens with zero attached hydrogens (tertiary/aromatic N) is 2. The first-order valence-corrected chi connectivity index (χ1v) is 9.81. The molecule has 2 amide bonds. The van der Waals surface area contributed by atoms with Crippen LogP contribution >= 0.6 is 0 Å². The molecule has 0 fully saturated rings. The molecule has 0 saturated heterocycles. The van der Waals surface area contributed by atoms with Crippen molar-refractivity contribution in [1.29, 1.82) is 0 Å². The highest BCUT2D eigenvalue weighted by Crippen LogP contribution is 2.26. The van der Waals surface area contributed by atoms with Gasteiger partial charge in [0.2, 0.25) is 5.91 Å². The molecule has 0 aliphatic heterocycles. The lowest BCUT2D eigenvalue weighted by atomic mass is 10.0. The van der Waals surface area contributed by atoms with Crippen molar-refractivity contribution >= 4 is 11.8 Å². The number of para-hydroxylation sites is 1. The maximum atomic E-state index is 13.0. The summed E-state index contributed by atoms with van der Waals surface area (Å²) in [5, 5.41) is 10.3. The Bertz CT molecular complexity index is 995. The van der Waals surface area contributed by atoms with Crippen molar-refractivity contribution in [2.45, 2.75) is 33.2 Å². The van der Waals surface area contributed by atoms with Gasteiger partial charge in [0, 0.05) is 18.3 Å². The summed E-state index contributed by atoms with van der Waals surface area (Å²) >= 11 is 0. The van der Waals surface area contributed by atoms with E-state index in [0.717, 1.165) is 23.2 Å². The van der Waals surface area contributed by atoms with Crippen LogP contribution in [-0.2, 0) is 4.79 Å². The zero-order chi connectivity index (χ0) is 20.8. The molecule has 6 nitrogen and oxygen atoms in total. The minimum atomic E-state index is -0.640. The van der Waals surface area contributed by atoms with E-state index in [9.17, 15) is 9.59 Å². The Morgan fingerprint density at radius 3 is 2.45 bits per heavy atom. The van der Waals surface area contributed by atoms with Crippen LogP contribution in [-0.4, -0.2) is 34.2 Å². The average Bonchev–Trinajstić information content (AvgIpc) is 3.18. The van der Waals surface area contributed by atoms with Gasteiger partial charge in [-0.05, 0) is 38.0 Å². The molecule has 1 aromatic heterocycles. The molecule has 0 spiro atoms. The van der Waals surface area contributed by atoms with Gasteiger partial charge in [-0.3, -0.25) is 9.59 Å². The van der Waals surface area contributed by atoms with E-state index in [-0.39, 0.29) is 11.8 Å². The average molecular weight is 390 g/mol. The zero-order valence-electron chi connectivity index (χ0n) is 17.0. The van der Waals surface area contributed by atoms with Gasteiger partial charge in [-0.25, -0.2) is 4.68 Å². The number of benzene rings is 2. The SMILES string of the molecule is CCCNC(=O)[C@H](C)NC(=O)c1cn(-c2ccccc2)nc1-c1ccccc1C. The third kappa shape index (κ3) is 4.71. The minimum absolute atomic E-state index is 0.201. The third-order valence-electron chi connectivity index (χ3n) is 4.67. The molecule has 0 radical (unpaired) electrons.